The summed E-state index contributed by atoms with van der Waals surface area (Å²) >= 11 is 6.23. The number of para-hydroxylation sites is 1. The van der Waals surface area contributed by atoms with Gasteiger partial charge in [-0.25, -0.2) is 0 Å². The fourth-order valence-corrected chi connectivity index (χ4v) is 4.00. The molecule has 2 aromatic carbocycles. The van der Waals surface area contributed by atoms with E-state index in [0.717, 1.165) is 36.4 Å². The molecule has 6 heteroatoms. The second-order valence-corrected chi connectivity index (χ2v) is 7.43. The molecule has 142 valence electrons. The van der Waals surface area contributed by atoms with Crippen molar-refractivity contribution in [3.63, 3.8) is 0 Å². The van der Waals surface area contributed by atoms with Gasteiger partial charge in [0.2, 0.25) is 0 Å². The Morgan fingerprint density at radius 3 is 2.78 bits per heavy atom. The Kier molecular flexibility index (Phi) is 5.23. The Hall–Kier alpha value is -2.24. The normalized spacial score (nSPS) is 17.7. The SMILES string of the molecule is O=C(NCc1cc(Cl)cc2c1OCC2)C1(Oc2ccccc2)CCNCC1. The molecule has 1 saturated heterocycles. The van der Waals surface area contributed by atoms with E-state index in [-0.39, 0.29) is 5.91 Å². The molecular weight excluding hydrogens is 364 g/mol. The standard InChI is InChI=1S/C21H23ClN2O3/c22-17-12-15-6-11-26-19(15)16(13-17)14-24-20(25)21(7-9-23-10-8-21)27-18-4-2-1-3-5-18/h1-5,12-13,23H,6-11,14H2,(H,24,25). The third-order valence-corrected chi connectivity index (χ3v) is 5.36. The summed E-state index contributed by atoms with van der Waals surface area (Å²) in [5, 5.41) is 7.02. The molecule has 1 fully saturated rings. The number of benzene rings is 2. The number of piperidine rings is 1. The maximum Gasteiger partial charge on any atom is 0.264 e. The maximum absolute atomic E-state index is 13.1. The van der Waals surface area contributed by atoms with E-state index in [4.69, 9.17) is 21.1 Å². The van der Waals surface area contributed by atoms with Gasteiger partial charge in [0, 0.05) is 36.4 Å². The molecule has 0 bridgehead atoms. The second kappa shape index (κ2) is 7.79. The van der Waals surface area contributed by atoms with Crippen molar-refractivity contribution in [2.45, 2.75) is 31.4 Å². The van der Waals surface area contributed by atoms with E-state index >= 15 is 0 Å². The van der Waals surface area contributed by atoms with E-state index in [9.17, 15) is 4.79 Å². The number of carbonyl (C=O) groups excluding carboxylic acids is 1. The summed E-state index contributed by atoms with van der Waals surface area (Å²) in [6, 6.07) is 13.3. The van der Waals surface area contributed by atoms with Gasteiger partial charge in [0.05, 0.1) is 6.61 Å². The molecule has 0 spiro atoms. The molecule has 0 radical (unpaired) electrons. The van der Waals surface area contributed by atoms with Crippen LogP contribution in [-0.4, -0.2) is 31.2 Å². The first-order chi connectivity index (χ1) is 13.2. The van der Waals surface area contributed by atoms with Crippen LogP contribution in [0.15, 0.2) is 42.5 Å². The highest BCUT2D eigenvalue weighted by Gasteiger charge is 2.42. The molecule has 1 amide bonds. The molecule has 0 unspecified atom stereocenters. The van der Waals surface area contributed by atoms with E-state index in [0.29, 0.717) is 36.8 Å². The van der Waals surface area contributed by atoms with Crippen LogP contribution in [0.1, 0.15) is 24.0 Å². The Morgan fingerprint density at radius 1 is 1.22 bits per heavy atom. The summed E-state index contributed by atoms with van der Waals surface area (Å²) in [6.07, 6.45) is 2.10. The number of rotatable bonds is 5. The number of nitrogens with one attached hydrogen (secondary N) is 2. The van der Waals surface area contributed by atoms with E-state index in [1.807, 2.05) is 42.5 Å². The van der Waals surface area contributed by atoms with Crippen LogP contribution in [0.25, 0.3) is 0 Å². The average molecular weight is 387 g/mol. The van der Waals surface area contributed by atoms with Gasteiger partial charge in [-0.3, -0.25) is 4.79 Å². The summed E-state index contributed by atoms with van der Waals surface area (Å²) < 4.78 is 11.9. The van der Waals surface area contributed by atoms with Gasteiger partial charge < -0.3 is 20.1 Å². The summed E-state index contributed by atoms with van der Waals surface area (Å²) in [4.78, 5) is 13.1. The summed E-state index contributed by atoms with van der Waals surface area (Å²) in [5.74, 6) is 1.46. The number of hydrogen-bond acceptors (Lipinski definition) is 4. The third kappa shape index (κ3) is 3.89. The molecule has 2 N–H and O–H groups in total. The van der Waals surface area contributed by atoms with Crippen molar-refractivity contribution in [1.29, 1.82) is 0 Å². The zero-order valence-electron chi connectivity index (χ0n) is 15.1. The first-order valence-electron chi connectivity index (χ1n) is 9.33. The van der Waals surface area contributed by atoms with Crippen LogP contribution in [0.3, 0.4) is 0 Å². The molecule has 0 saturated carbocycles. The lowest BCUT2D eigenvalue weighted by atomic mass is 9.90. The molecule has 2 aliphatic heterocycles. The quantitative estimate of drug-likeness (QED) is 0.829. The molecule has 5 nitrogen and oxygen atoms in total. The average Bonchev–Trinajstić information content (AvgIpc) is 3.15. The first kappa shape index (κ1) is 18.1. The number of fused-ring (bicyclic) bond motifs is 1. The number of hydrogen-bond donors (Lipinski definition) is 2. The van der Waals surface area contributed by atoms with Gasteiger partial charge in [0.1, 0.15) is 11.5 Å². The molecule has 0 atom stereocenters. The lowest BCUT2D eigenvalue weighted by molar-refractivity contribution is -0.139. The number of carbonyl (C=O) groups is 1. The molecule has 2 aromatic rings. The Labute approximate surface area is 164 Å². The smallest absolute Gasteiger partial charge is 0.264 e. The van der Waals surface area contributed by atoms with Crippen molar-refractivity contribution in [3.05, 3.63) is 58.6 Å². The van der Waals surface area contributed by atoms with Crippen molar-refractivity contribution in [1.82, 2.24) is 10.6 Å². The third-order valence-electron chi connectivity index (χ3n) is 5.15. The molecule has 0 aliphatic carbocycles. The van der Waals surface area contributed by atoms with Crippen molar-refractivity contribution in [2.24, 2.45) is 0 Å². The van der Waals surface area contributed by atoms with Gasteiger partial charge >= 0.3 is 0 Å². The maximum atomic E-state index is 13.1. The van der Waals surface area contributed by atoms with Gasteiger partial charge in [-0.05, 0) is 42.9 Å². The molecule has 4 rings (SSSR count). The number of halogens is 1. The number of ether oxygens (including phenoxy) is 2. The van der Waals surface area contributed by atoms with Gasteiger partial charge in [-0.2, -0.15) is 0 Å². The Morgan fingerprint density at radius 2 is 2.00 bits per heavy atom. The predicted octanol–water partition coefficient (Wildman–Crippen LogP) is 3.09. The van der Waals surface area contributed by atoms with Crippen LogP contribution in [-0.2, 0) is 17.8 Å². The monoisotopic (exact) mass is 386 g/mol. The Bertz CT molecular complexity index is 820. The largest absolute Gasteiger partial charge is 0.493 e. The van der Waals surface area contributed by atoms with Crippen molar-refractivity contribution in [3.8, 4) is 11.5 Å². The van der Waals surface area contributed by atoms with Crippen LogP contribution in [0, 0.1) is 0 Å². The van der Waals surface area contributed by atoms with Crippen LogP contribution in [0.2, 0.25) is 5.02 Å². The molecule has 2 aliphatic rings. The molecule has 2 heterocycles. The van der Waals surface area contributed by atoms with Gasteiger partial charge in [-0.1, -0.05) is 29.8 Å². The Balaban J connectivity index is 1.51. The second-order valence-electron chi connectivity index (χ2n) is 6.99. The molecule has 27 heavy (non-hydrogen) atoms. The lowest BCUT2D eigenvalue weighted by Crippen LogP contribution is -2.56. The minimum Gasteiger partial charge on any atom is -0.493 e. The summed E-state index contributed by atoms with van der Waals surface area (Å²) in [7, 11) is 0. The minimum atomic E-state index is -0.866. The van der Waals surface area contributed by atoms with Crippen molar-refractivity contribution < 1.29 is 14.3 Å². The van der Waals surface area contributed by atoms with E-state index < -0.39 is 5.60 Å². The van der Waals surface area contributed by atoms with E-state index in [1.165, 1.54) is 0 Å². The van der Waals surface area contributed by atoms with Gasteiger partial charge in [-0.15, -0.1) is 0 Å². The topological polar surface area (TPSA) is 59.6 Å². The van der Waals surface area contributed by atoms with Gasteiger partial charge in [0.15, 0.2) is 5.60 Å². The van der Waals surface area contributed by atoms with Crippen LogP contribution in [0.4, 0.5) is 0 Å². The number of amides is 1. The fourth-order valence-electron chi connectivity index (χ4n) is 3.73. The zero-order chi connectivity index (χ0) is 18.7. The lowest BCUT2D eigenvalue weighted by Gasteiger charge is -2.36. The van der Waals surface area contributed by atoms with Crippen molar-refractivity contribution in [2.75, 3.05) is 19.7 Å². The van der Waals surface area contributed by atoms with Gasteiger partial charge in [0.25, 0.3) is 5.91 Å². The first-order valence-corrected chi connectivity index (χ1v) is 9.71. The van der Waals surface area contributed by atoms with Crippen LogP contribution < -0.4 is 20.1 Å². The summed E-state index contributed by atoms with van der Waals surface area (Å²) in [5.41, 5.74) is 1.14. The highest BCUT2D eigenvalue weighted by atomic mass is 35.5. The highest BCUT2D eigenvalue weighted by Crippen LogP contribution is 2.33. The molecule has 0 aromatic heterocycles. The van der Waals surface area contributed by atoms with E-state index in [2.05, 4.69) is 10.6 Å². The van der Waals surface area contributed by atoms with E-state index in [1.54, 1.807) is 0 Å². The zero-order valence-corrected chi connectivity index (χ0v) is 15.8. The predicted molar refractivity (Wildman–Crippen MR) is 104 cm³/mol. The fraction of sp³-hybridized carbons (Fsp3) is 0.381. The van der Waals surface area contributed by atoms with Crippen LogP contribution in [0.5, 0.6) is 11.5 Å². The van der Waals surface area contributed by atoms with Crippen molar-refractivity contribution >= 4 is 17.5 Å². The highest BCUT2D eigenvalue weighted by molar-refractivity contribution is 6.30. The molecular formula is C21H23ClN2O3. The van der Waals surface area contributed by atoms with Crippen LogP contribution >= 0.6 is 11.6 Å². The summed E-state index contributed by atoms with van der Waals surface area (Å²) in [6.45, 7) is 2.52. The minimum absolute atomic E-state index is 0.0976.